The summed E-state index contributed by atoms with van der Waals surface area (Å²) >= 11 is 1.50. The first-order valence-electron chi connectivity index (χ1n) is 9.44. The van der Waals surface area contributed by atoms with Gasteiger partial charge in [0.25, 0.3) is 5.91 Å². The van der Waals surface area contributed by atoms with Crippen LogP contribution in [0.4, 0.5) is 5.69 Å². The Morgan fingerprint density at radius 2 is 1.96 bits per heavy atom. The third-order valence-corrected chi connectivity index (χ3v) is 6.03. The van der Waals surface area contributed by atoms with Gasteiger partial charge in [-0.05, 0) is 31.4 Å². The summed E-state index contributed by atoms with van der Waals surface area (Å²) in [6.45, 7) is 5.99. The van der Waals surface area contributed by atoms with E-state index < -0.39 is 0 Å². The van der Waals surface area contributed by atoms with Crippen LogP contribution >= 0.6 is 11.3 Å². The van der Waals surface area contributed by atoms with Gasteiger partial charge >= 0.3 is 0 Å². The van der Waals surface area contributed by atoms with Crippen LogP contribution in [0.25, 0.3) is 0 Å². The highest BCUT2D eigenvalue weighted by Gasteiger charge is 2.27. The first-order valence-corrected chi connectivity index (χ1v) is 10.3. The Morgan fingerprint density at radius 1 is 1.11 bits per heavy atom. The predicted molar refractivity (Wildman–Crippen MR) is 106 cm³/mol. The second kappa shape index (κ2) is 7.78. The van der Waals surface area contributed by atoms with Crippen LogP contribution in [-0.2, 0) is 11.2 Å². The molecule has 1 aromatic carbocycles. The van der Waals surface area contributed by atoms with Crippen molar-refractivity contribution in [3.63, 3.8) is 0 Å². The van der Waals surface area contributed by atoms with E-state index in [0.717, 1.165) is 43.2 Å². The number of aromatic nitrogens is 1. The van der Waals surface area contributed by atoms with Crippen molar-refractivity contribution < 1.29 is 9.59 Å². The molecule has 2 aliphatic heterocycles. The minimum absolute atomic E-state index is 0.000923. The number of hydrogen-bond donors (Lipinski definition) is 0. The largest absolute Gasteiger partial charge is 0.336 e. The number of carbonyl (C=O) groups is 2. The Hall–Kier alpha value is -2.25. The number of anilines is 1. The molecule has 0 bridgehead atoms. The molecule has 0 saturated carbocycles. The standard InChI is InChI=1S/C20H24N4O2S/c1-15-21-17(14-27-15)20(26)23-9-4-8-22(11-12-23)13-19(25)24-10-7-16-5-2-3-6-18(16)24/h2-3,5-6,14H,4,7-13H2,1H3. The molecular weight excluding hydrogens is 360 g/mol. The summed E-state index contributed by atoms with van der Waals surface area (Å²) in [4.78, 5) is 35.7. The number of nitrogens with zero attached hydrogens (tertiary/aromatic N) is 4. The average molecular weight is 385 g/mol. The van der Waals surface area contributed by atoms with Crippen LogP contribution < -0.4 is 4.90 Å². The lowest BCUT2D eigenvalue weighted by Crippen LogP contribution is -2.41. The van der Waals surface area contributed by atoms with Crippen LogP contribution in [0.5, 0.6) is 0 Å². The highest BCUT2D eigenvalue weighted by Crippen LogP contribution is 2.27. The van der Waals surface area contributed by atoms with E-state index in [-0.39, 0.29) is 11.8 Å². The van der Waals surface area contributed by atoms with Crippen LogP contribution in [0.15, 0.2) is 29.6 Å². The van der Waals surface area contributed by atoms with E-state index in [1.165, 1.54) is 16.9 Å². The summed E-state index contributed by atoms with van der Waals surface area (Å²) < 4.78 is 0. The van der Waals surface area contributed by atoms with E-state index in [9.17, 15) is 9.59 Å². The zero-order valence-electron chi connectivity index (χ0n) is 15.6. The number of amides is 2. The number of para-hydroxylation sites is 1. The van der Waals surface area contributed by atoms with Gasteiger partial charge in [0.05, 0.1) is 11.6 Å². The van der Waals surface area contributed by atoms with Crippen molar-refractivity contribution >= 4 is 28.8 Å². The molecule has 2 amide bonds. The summed E-state index contributed by atoms with van der Waals surface area (Å²) in [6, 6.07) is 8.13. The topological polar surface area (TPSA) is 56.8 Å². The highest BCUT2D eigenvalue weighted by atomic mass is 32.1. The number of hydrogen-bond acceptors (Lipinski definition) is 5. The van der Waals surface area contributed by atoms with Gasteiger partial charge in [0.2, 0.25) is 5.91 Å². The normalized spacial score (nSPS) is 17.7. The lowest BCUT2D eigenvalue weighted by atomic mass is 10.2. The molecule has 3 heterocycles. The van der Waals surface area contributed by atoms with Gasteiger partial charge in [0.15, 0.2) is 0 Å². The van der Waals surface area contributed by atoms with Gasteiger partial charge in [-0.2, -0.15) is 0 Å². The Kier molecular flexibility index (Phi) is 5.22. The fourth-order valence-corrected chi connectivity index (χ4v) is 4.42. The molecule has 4 rings (SSSR count). The van der Waals surface area contributed by atoms with Crippen LogP contribution in [0.1, 0.15) is 27.5 Å². The van der Waals surface area contributed by atoms with Crippen molar-refractivity contribution in [2.24, 2.45) is 0 Å². The van der Waals surface area contributed by atoms with Crippen molar-refractivity contribution in [1.29, 1.82) is 0 Å². The van der Waals surface area contributed by atoms with Crippen molar-refractivity contribution in [3.8, 4) is 0 Å². The molecule has 7 heteroatoms. The zero-order chi connectivity index (χ0) is 18.8. The van der Waals surface area contributed by atoms with Crippen molar-refractivity contribution in [3.05, 3.63) is 45.9 Å². The third kappa shape index (κ3) is 3.89. The molecule has 1 aromatic heterocycles. The van der Waals surface area contributed by atoms with Crippen molar-refractivity contribution in [1.82, 2.24) is 14.8 Å². The number of fused-ring (bicyclic) bond motifs is 1. The summed E-state index contributed by atoms with van der Waals surface area (Å²) in [5.74, 6) is 0.149. The van der Waals surface area contributed by atoms with E-state index in [4.69, 9.17) is 0 Å². The van der Waals surface area contributed by atoms with E-state index in [1.807, 2.05) is 40.3 Å². The Labute approximate surface area is 163 Å². The maximum atomic E-state index is 12.8. The third-order valence-electron chi connectivity index (χ3n) is 5.26. The number of rotatable bonds is 3. The number of aryl methyl sites for hydroxylation is 1. The van der Waals surface area contributed by atoms with Crippen molar-refractivity contribution in [2.75, 3.05) is 44.2 Å². The highest BCUT2D eigenvalue weighted by molar-refractivity contribution is 7.09. The molecule has 27 heavy (non-hydrogen) atoms. The number of thiazole rings is 1. The summed E-state index contributed by atoms with van der Waals surface area (Å²) in [5, 5.41) is 2.74. The quantitative estimate of drug-likeness (QED) is 0.814. The zero-order valence-corrected chi connectivity index (χ0v) is 16.4. The molecule has 0 aliphatic carbocycles. The Morgan fingerprint density at radius 3 is 2.78 bits per heavy atom. The molecule has 2 aliphatic rings. The van der Waals surface area contributed by atoms with E-state index in [2.05, 4.69) is 16.0 Å². The van der Waals surface area contributed by atoms with Crippen LogP contribution in [-0.4, -0.2) is 65.9 Å². The molecule has 1 fully saturated rings. The van der Waals surface area contributed by atoms with Gasteiger partial charge < -0.3 is 9.80 Å². The van der Waals surface area contributed by atoms with E-state index in [1.54, 1.807) is 0 Å². The SMILES string of the molecule is Cc1nc(C(=O)N2CCCN(CC(=O)N3CCc4ccccc43)CC2)cs1. The van der Waals surface area contributed by atoms with Gasteiger partial charge in [-0.3, -0.25) is 14.5 Å². The minimum atomic E-state index is 0.000923. The van der Waals surface area contributed by atoms with Crippen molar-refractivity contribution in [2.45, 2.75) is 19.8 Å². The van der Waals surface area contributed by atoms with Gasteiger partial charge in [0.1, 0.15) is 5.69 Å². The average Bonchev–Trinajstić information content (AvgIpc) is 3.23. The monoisotopic (exact) mass is 384 g/mol. The number of benzene rings is 1. The minimum Gasteiger partial charge on any atom is -0.336 e. The number of carbonyl (C=O) groups excluding carboxylic acids is 2. The lowest BCUT2D eigenvalue weighted by molar-refractivity contribution is -0.119. The molecule has 0 N–H and O–H groups in total. The van der Waals surface area contributed by atoms with E-state index in [0.29, 0.717) is 25.3 Å². The first-order chi connectivity index (χ1) is 13.1. The summed E-state index contributed by atoms with van der Waals surface area (Å²) in [6.07, 6.45) is 1.80. The molecule has 0 radical (unpaired) electrons. The fourth-order valence-electron chi connectivity index (χ4n) is 3.83. The smallest absolute Gasteiger partial charge is 0.273 e. The Balaban J connectivity index is 1.35. The van der Waals surface area contributed by atoms with Gasteiger partial charge in [-0.15, -0.1) is 11.3 Å². The molecule has 0 unspecified atom stereocenters. The summed E-state index contributed by atoms with van der Waals surface area (Å²) in [5.41, 5.74) is 2.83. The van der Waals surface area contributed by atoms with Crippen LogP contribution in [0.3, 0.4) is 0 Å². The second-order valence-electron chi connectivity index (χ2n) is 7.10. The molecule has 0 atom stereocenters. The van der Waals surface area contributed by atoms with Crippen LogP contribution in [0, 0.1) is 6.92 Å². The molecule has 1 saturated heterocycles. The van der Waals surface area contributed by atoms with Gasteiger partial charge in [0, 0.05) is 43.8 Å². The Bertz CT molecular complexity index is 850. The fraction of sp³-hybridized carbons (Fsp3) is 0.450. The molecule has 6 nitrogen and oxygen atoms in total. The second-order valence-corrected chi connectivity index (χ2v) is 8.16. The van der Waals surface area contributed by atoms with E-state index >= 15 is 0 Å². The molecule has 142 valence electrons. The predicted octanol–water partition coefficient (Wildman–Crippen LogP) is 2.19. The summed E-state index contributed by atoms with van der Waals surface area (Å²) in [7, 11) is 0. The first kappa shape index (κ1) is 18.1. The van der Waals surface area contributed by atoms with Crippen LogP contribution in [0.2, 0.25) is 0 Å². The lowest BCUT2D eigenvalue weighted by Gasteiger charge is -2.24. The molecular formula is C20H24N4O2S. The maximum Gasteiger partial charge on any atom is 0.273 e. The van der Waals surface area contributed by atoms with Gasteiger partial charge in [-0.1, -0.05) is 18.2 Å². The maximum absolute atomic E-state index is 12.8. The molecule has 0 spiro atoms. The molecule has 2 aromatic rings. The van der Waals surface area contributed by atoms with Gasteiger partial charge in [-0.25, -0.2) is 4.98 Å².